The van der Waals surface area contributed by atoms with Crippen molar-refractivity contribution in [3.8, 4) is 5.75 Å². The Morgan fingerprint density at radius 2 is 1.52 bits per heavy atom. The molecule has 1 heterocycles. The highest BCUT2D eigenvalue weighted by molar-refractivity contribution is 5.67. The molecular weight excluding hydrogens is 312 g/mol. The molecule has 3 rings (SSSR count). The predicted octanol–water partition coefficient (Wildman–Crippen LogP) is 4.90. The fraction of sp³-hybridized carbons (Fsp3) is 0.200. The van der Waals surface area contributed by atoms with Gasteiger partial charge >= 0.3 is 0 Å². The van der Waals surface area contributed by atoms with Gasteiger partial charge in [0, 0.05) is 11.8 Å². The maximum absolute atomic E-state index is 5.38. The second-order valence-electron chi connectivity index (χ2n) is 5.93. The Kier molecular flexibility index (Phi) is 4.84. The van der Waals surface area contributed by atoms with Gasteiger partial charge in [0.25, 0.3) is 0 Å². The Morgan fingerprint density at radius 3 is 2.24 bits per heavy atom. The SMILES string of the molecule is COc1ccccc1Nc1cc(Nc2ccc(C)c(C)c2)nc(C)n1. The van der Waals surface area contributed by atoms with Gasteiger partial charge in [0.15, 0.2) is 0 Å². The number of nitrogens with zero attached hydrogens (tertiary/aromatic N) is 2. The van der Waals surface area contributed by atoms with Crippen LogP contribution in [-0.4, -0.2) is 17.1 Å². The van der Waals surface area contributed by atoms with Gasteiger partial charge in [-0.2, -0.15) is 0 Å². The van der Waals surface area contributed by atoms with E-state index in [4.69, 9.17) is 4.74 Å². The first-order chi connectivity index (χ1) is 12.0. The summed E-state index contributed by atoms with van der Waals surface area (Å²) in [4.78, 5) is 8.93. The maximum atomic E-state index is 5.38. The summed E-state index contributed by atoms with van der Waals surface area (Å²) in [5.74, 6) is 2.91. The van der Waals surface area contributed by atoms with Gasteiger partial charge in [-0.15, -0.1) is 0 Å². The van der Waals surface area contributed by atoms with Crippen LogP contribution in [0, 0.1) is 20.8 Å². The first kappa shape index (κ1) is 16.8. The van der Waals surface area contributed by atoms with Gasteiger partial charge < -0.3 is 15.4 Å². The highest BCUT2D eigenvalue weighted by Crippen LogP contribution is 2.27. The average Bonchev–Trinajstić information content (AvgIpc) is 2.58. The highest BCUT2D eigenvalue weighted by atomic mass is 16.5. The normalized spacial score (nSPS) is 10.4. The summed E-state index contributed by atoms with van der Waals surface area (Å²) in [6.45, 7) is 6.07. The topological polar surface area (TPSA) is 59.1 Å². The van der Waals surface area contributed by atoms with E-state index in [2.05, 4.69) is 46.6 Å². The molecule has 0 amide bonds. The van der Waals surface area contributed by atoms with E-state index in [1.165, 1.54) is 11.1 Å². The van der Waals surface area contributed by atoms with Gasteiger partial charge in [-0.3, -0.25) is 0 Å². The zero-order valence-corrected chi connectivity index (χ0v) is 14.9. The predicted molar refractivity (Wildman–Crippen MR) is 102 cm³/mol. The molecule has 128 valence electrons. The van der Waals surface area contributed by atoms with Crippen LogP contribution in [0.2, 0.25) is 0 Å². The van der Waals surface area contributed by atoms with Crippen molar-refractivity contribution >= 4 is 23.0 Å². The fourth-order valence-corrected chi connectivity index (χ4v) is 2.55. The van der Waals surface area contributed by atoms with E-state index in [0.717, 1.165) is 22.9 Å². The number of anilines is 4. The maximum Gasteiger partial charge on any atom is 0.142 e. The average molecular weight is 334 g/mol. The number of hydrogen-bond acceptors (Lipinski definition) is 5. The van der Waals surface area contributed by atoms with Gasteiger partial charge in [-0.25, -0.2) is 9.97 Å². The van der Waals surface area contributed by atoms with Gasteiger partial charge in [0.2, 0.25) is 0 Å². The number of rotatable bonds is 5. The monoisotopic (exact) mass is 334 g/mol. The highest BCUT2D eigenvalue weighted by Gasteiger charge is 2.07. The molecule has 5 heteroatoms. The van der Waals surface area contributed by atoms with Crippen LogP contribution in [0.1, 0.15) is 17.0 Å². The van der Waals surface area contributed by atoms with Crippen LogP contribution in [0.15, 0.2) is 48.5 Å². The summed E-state index contributed by atoms with van der Waals surface area (Å²) in [6.07, 6.45) is 0. The standard InChI is InChI=1S/C20H22N4O/c1-13-9-10-16(11-14(13)2)23-19-12-20(22-15(3)21-19)24-17-7-5-6-8-18(17)25-4/h5-12H,1-4H3,(H2,21,22,23,24). The minimum atomic E-state index is 0.686. The van der Waals surface area contributed by atoms with Crippen molar-refractivity contribution < 1.29 is 4.74 Å². The number of ether oxygens (including phenoxy) is 1. The molecule has 0 unspecified atom stereocenters. The lowest BCUT2D eigenvalue weighted by atomic mass is 10.1. The summed E-state index contributed by atoms with van der Waals surface area (Å²) in [5, 5.41) is 6.64. The lowest BCUT2D eigenvalue weighted by molar-refractivity contribution is 0.417. The third-order valence-electron chi connectivity index (χ3n) is 3.99. The van der Waals surface area contributed by atoms with Crippen LogP contribution in [-0.2, 0) is 0 Å². The van der Waals surface area contributed by atoms with E-state index < -0.39 is 0 Å². The molecule has 0 spiro atoms. The largest absolute Gasteiger partial charge is 0.495 e. The third-order valence-corrected chi connectivity index (χ3v) is 3.99. The van der Waals surface area contributed by atoms with Crippen LogP contribution in [0.5, 0.6) is 5.75 Å². The quantitative estimate of drug-likeness (QED) is 0.695. The van der Waals surface area contributed by atoms with E-state index in [1.807, 2.05) is 43.3 Å². The molecule has 0 aliphatic carbocycles. The molecule has 25 heavy (non-hydrogen) atoms. The third kappa shape index (κ3) is 4.07. The Labute approximate surface area is 148 Å². The summed E-state index contributed by atoms with van der Waals surface area (Å²) < 4.78 is 5.38. The summed E-state index contributed by atoms with van der Waals surface area (Å²) in [6, 6.07) is 15.9. The molecule has 3 aromatic rings. The molecule has 2 N–H and O–H groups in total. The van der Waals surface area contributed by atoms with Crippen molar-refractivity contribution in [2.24, 2.45) is 0 Å². The van der Waals surface area contributed by atoms with E-state index in [0.29, 0.717) is 11.6 Å². The number of para-hydroxylation sites is 2. The van der Waals surface area contributed by atoms with Crippen molar-refractivity contribution in [3.05, 3.63) is 65.5 Å². The second kappa shape index (κ2) is 7.21. The molecule has 0 radical (unpaired) electrons. The molecule has 0 aliphatic rings. The number of hydrogen-bond donors (Lipinski definition) is 2. The smallest absolute Gasteiger partial charge is 0.142 e. The van der Waals surface area contributed by atoms with Crippen molar-refractivity contribution in [2.45, 2.75) is 20.8 Å². The first-order valence-electron chi connectivity index (χ1n) is 8.15. The number of benzene rings is 2. The second-order valence-corrected chi connectivity index (χ2v) is 5.93. The Morgan fingerprint density at radius 1 is 0.800 bits per heavy atom. The minimum Gasteiger partial charge on any atom is -0.495 e. The van der Waals surface area contributed by atoms with Crippen molar-refractivity contribution in [1.29, 1.82) is 0 Å². The number of methoxy groups -OCH3 is 1. The number of aryl methyl sites for hydroxylation is 3. The van der Waals surface area contributed by atoms with Crippen LogP contribution in [0.25, 0.3) is 0 Å². The Bertz CT molecular complexity index is 893. The molecule has 0 fully saturated rings. The first-order valence-corrected chi connectivity index (χ1v) is 8.15. The molecule has 0 bridgehead atoms. The Balaban J connectivity index is 1.86. The van der Waals surface area contributed by atoms with Gasteiger partial charge in [0.05, 0.1) is 12.8 Å². The molecule has 5 nitrogen and oxygen atoms in total. The Hall–Kier alpha value is -3.08. The fourth-order valence-electron chi connectivity index (χ4n) is 2.55. The van der Waals surface area contributed by atoms with Gasteiger partial charge in [0.1, 0.15) is 23.2 Å². The molecule has 0 saturated heterocycles. The zero-order chi connectivity index (χ0) is 17.8. The van der Waals surface area contributed by atoms with Crippen molar-refractivity contribution in [1.82, 2.24) is 9.97 Å². The minimum absolute atomic E-state index is 0.686. The van der Waals surface area contributed by atoms with Crippen molar-refractivity contribution in [2.75, 3.05) is 17.7 Å². The van der Waals surface area contributed by atoms with Crippen LogP contribution < -0.4 is 15.4 Å². The molecule has 2 aromatic carbocycles. The molecule has 1 aromatic heterocycles. The summed E-state index contributed by atoms with van der Waals surface area (Å²) in [5.41, 5.74) is 4.37. The van der Waals surface area contributed by atoms with Gasteiger partial charge in [-0.05, 0) is 56.2 Å². The molecular formula is C20H22N4O. The van der Waals surface area contributed by atoms with E-state index in [9.17, 15) is 0 Å². The lowest BCUT2D eigenvalue weighted by Crippen LogP contribution is -2.02. The van der Waals surface area contributed by atoms with E-state index >= 15 is 0 Å². The summed E-state index contributed by atoms with van der Waals surface area (Å²) in [7, 11) is 1.65. The molecule has 0 saturated carbocycles. The van der Waals surface area contributed by atoms with Crippen LogP contribution in [0.4, 0.5) is 23.0 Å². The molecule has 0 aliphatic heterocycles. The van der Waals surface area contributed by atoms with Crippen LogP contribution >= 0.6 is 0 Å². The number of nitrogens with one attached hydrogen (secondary N) is 2. The van der Waals surface area contributed by atoms with Crippen molar-refractivity contribution in [3.63, 3.8) is 0 Å². The van der Waals surface area contributed by atoms with E-state index in [-0.39, 0.29) is 0 Å². The molecule has 0 atom stereocenters. The zero-order valence-electron chi connectivity index (χ0n) is 14.9. The van der Waals surface area contributed by atoms with E-state index in [1.54, 1.807) is 7.11 Å². The summed E-state index contributed by atoms with van der Waals surface area (Å²) >= 11 is 0. The van der Waals surface area contributed by atoms with Gasteiger partial charge in [-0.1, -0.05) is 18.2 Å². The van der Waals surface area contributed by atoms with Crippen LogP contribution in [0.3, 0.4) is 0 Å². The lowest BCUT2D eigenvalue weighted by Gasteiger charge is -2.13. The number of aromatic nitrogens is 2.